The fourth-order valence-corrected chi connectivity index (χ4v) is 2.56. The number of nitrogens with one attached hydrogen (secondary N) is 1. The van der Waals surface area contributed by atoms with E-state index in [-0.39, 0.29) is 23.8 Å². The number of hydrogen-bond donors (Lipinski definition) is 2. The average molecular weight is 254 g/mol. The summed E-state index contributed by atoms with van der Waals surface area (Å²) in [5.74, 6) is -1.90. The molecule has 6 heteroatoms. The van der Waals surface area contributed by atoms with E-state index in [9.17, 15) is 14.4 Å². The van der Waals surface area contributed by atoms with Crippen molar-refractivity contribution in [1.82, 2.24) is 10.2 Å². The summed E-state index contributed by atoms with van der Waals surface area (Å²) in [7, 11) is 0. The van der Waals surface area contributed by atoms with Gasteiger partial charge in [0.15, 0.2) is 0 Å². The Morgan fingerprint density at radius 2 is 2.00 bits per heavy atom. The molecule has 1 heterocycles. The zero-order valence-corrected chi connectivity index (χ0v) is 10.4. The van der Waals surface area contributed by atoms with Crippen LogP contribution in [-0.4, -0.2) is 46.9 Å². The fourth-order valence-electron chi connectivity index (χ4n) is 2.56. The van der Waals surface area contributed by atoms with Crippen LogP contribution in [-0.2, 0) is 14.4 Å². The molecule has 0 aromatic rings. The second-order valence-electron chi connectivity index (χ2n) is 5.11. The van der Waals surface area contributed by atoms with E-state index in [2.05, 4.69) is 5.32 Å². The summed E-state index contributed by atoms with van der Waals surface area (Å²) in [6.07, 6.45) is 2.17. The molecule has 3 atom stereocenters. The van der Waals surface area contributed by atoms with E-state index in [4.69, 9.17) is 5.11 Å². The van der Waals surface area contributed by atoms with Gasteiger partial charge in [0.2, 0.25) is 11.8 Å². The Hall–Kier alpha value is -1.59. The summed E-state index contributed by atoms with van der Waals surface area (Å²) in [5.41, 5.74) is 0. The molecule has 2 fully saturated rings. The molecule has 2 N–H and O–H groups in total. The maximum atomic E-state index is 12.1. The third-order valence-corrected chi connectivity index (χ3v) is 3.57. The van der Waals surface area contributed by atoms with E-state index in [0.717, 1.165) is 12.8 Å². The molecule has 0 aromatic carbocycles. The lowest BCUT2D eigenvalue weighted by Gasteiger charge is -2.33. The van der Waals surface area contributed by atoms with Crippen molar-refractivity contribution in [2.45, 2.75) is 32.2 Å². The number of carboxylic acid groups (broad SMARTS) is 1. The lowest BCUT2D eigenvalue weighted by Crippen LogP contribution is -2.49. The van der Waals surface area contributed by atoms with Crippen molar-refractivity contribution >= 4 is 17.8 Å². The monoisotopic (exact) mass is 254 g/mol. The minimum absolute atomic E-state index is 0.00206. The van der Waals surface area contributed by atoms with E-state index in [1.54, 1.807) is 4.90 Å². The summed E-state index contributed by atoms with van der Waals surface area (Å²) < 4.78 is 0. The predicted octanol–water partition coefficient (Wildman–Crippen LogP) is -0.166. The van der Waals surface area contributed by atoms with Gasteiger partial charge in [0.05, 0.1) is 11.8 Å². The Bertz CT molecular complexity index is 382. The Kier molecular flexibility index (Phi) is 3.54. The van der Waals surface area contributed by atoms with Gasteiger partial charge < -0.3 is 15.3 Å². The molecular formula is C12H18N2O4. The van der Waals surface area contributed by atoms with Crippen molar-refractivity contribution in [1.29, 1.82) is 0 Å². The van der Waals surface area contributed by atoms with E-state index >= 15 is 0 Å². The van der Waals surface area contributed by atoms with Gasteiger partial charge in [-0.15, -0.1) is 0 Å². The van der Waals surface area contributed by atoms with Gasteiger partial charge in [0.25, 0.3) is 0 Å². The molecule has 1 saturated heterocycles. The van der Waals surface area contributed by atoms with Crippen LogP contribution in [0.1, 0.15) is 26.2 Å². The number of amides is 2. The smallest absolute Gasteiger partial charge is 0.307 e. The summed E-state index contributed by atoms with van der Waals surface area (Å²) in [6, 6.07) is 0.00206. The van der Waals surface area contributed by atoms with Gasteiger partial charge in [-0.05, 0) is 19.3 Å². The van der Waals surface area contributed by atoms with Gasteiger partial charge in [-0.25, -0.2) is 0 Å². The fraction of sp³-hybridized carbons (Fsp3) is 0.750. The minimum Gasteiger partial charge on any atom is -0.481 e. The highest BCUT2D eigenvalue weighted by Gasteiger charge is 2.50. The Labute approximate surface area is 105 Å². The summed E-state index contributed by atoms with van der Waals surface area (Å²) in [6.45, 7) is 2.63. The Morgan fingerprint density at radius 1 is 1.28 bits per heavy atom. The molecule has 0 bridgehead atoms. The first-order valence-electron chi connectivity index (χ1n) is 6.27. The highest BCUT2D eigenvalue weighted by atomic mass is 16.4. The number of carbonyl (C=O) groups excluding carboxylic acids is 2. The standard InChI is InChI=1S/C12H18N2O4/c1-7(15)13-8-3-2-4-14(6-8)11(16)9-5-10(9)12(17)18/h8-10H,2-6H2,1H3,(H,13,15)(H,17,18)/t8?,9-,10+/m1/s1. The number of carbonyl (C=O) groups is 3. The first-order valence-corrected chi connectivity index (χ1v) is 6.27. The molecule has 2 rings (SSSR count). The van der Waals surface area contributed by atoms with Crippen molar-refractivity contribution in [3.8, 4) is 0 Å². The third kappa shape index (κ3) is 2.80. The second kappa shape index (κ2) is 4.96. The molecule has 2 aliphatic rings. The molecule has 100 valence electrons. The Balaban J connectivity index is 1.87. The van der Waals surface area contributed by atoms with Gasteiger partial charge in [-0.1, -0.05) is 0 Å². The summed E-state index contributed by atoms with van der Waals surface area (Å²) in [5, 5.41) is 11.6. The number of aliphatic carboxylic acids is 1. The minimum atomic E-state index is -0.885. The van der Waals surface area contributed by atoms with Crippen molar-refractivity contribution in [3.05, 3.63) is 0 Å². The number of piperidine rings is 1. The van der Waals surface area contributed by atoms with Gasteiger partial charge in [-0.2, -0.15) is 0 Å². The van der Waals surface area contributed by atoms with Crippen LogP contribution in [0.25, 0.3) is 0 Å². The largest absolute Gasteiger partial charge is 0.481 e. The zero-order chi connectivity index (χ0) is 13.3. The van der Waals surface area contributed by atoms with Gasteiger partial charge in [-0.3, -0.25) is 14.4 Å². The lowest BCUT2D eigenvalue weighted by atomic mass is 10.0. The van der Waals surface area contributed by atoms with Gasteiger partial charge in [0, 0.05) is 26.1 Å². The van der Waals surface area contributed by atoms with Crippen LogP contribution in [0.4, 0.5) is 0 Å². The topological polar surface area (TPSA) is 86.7 Å². The third-order valence-electron chi connectivity index (χ3n) is 3.57. The predicted molar refractivity (Wildman–Crippen MR) is 62.7 cm³/mol. The van der Waals surface area contributed by atoms with Crippen LogP contribution < -0.4 is 5.32 Å². The van der Waals surface area contributed by atoms with E-state index < -0.39 is 11.9 Å². The quantitative estimate of drug-likeness (QED) is 0.732. The van der Waals surface area contributed by atoms with Crippen molar-refractivity contribution in [2.75, 3.05) is 13.1 Å². The maximum absolute atomic E-state index is 12.1. The van der Waals surface area contributed by atoms with Crippen LogP contribution >= 0.6 is 0 Å². The molecule has 0 radical (unpaired) electrons. The molecule has 0 aromatic heterocycles. The lowest BCUT2D eigenvalue weighted by molar-refractivity contribution is -0.142. The second-order valence-corrected chi connectivity index (χ2v) is 5.11. The molecule has 1 aliphatic heterocycles. The number of rotatable bonds is 3. The highest BCUT2D eigenvalue weighted by molar-refractivity contribution is 5.89. The first kappa shape index (κ1) is 12.9. The van der Waals surface area contributed by atoms with Crippen molar-refractivity contribution in [2.24, 2.45) is 11.8 Å². The van der Waals surface area contributed by atoms with Crippen LogP contribution in [0.2, 0.25) is 0 Å². The van der Waals surface area contributed by atoms with E-state index in [0.29, 0.717) is 19.5 Å². The molecular weight excluding hydrogens is 236 g/mol. The molecule has 1 unspecified atom stereocenters. The van der Waals surface area contributed by atoms with Crippen LogP contribution in [0.5, 0.6) is 0 Å². The van der Waals surface area contributed by atoms with Crippen LogP contribution in [0, 0.1) is 11.8 Å². The molecule has 2 amide bonds. The number of likely N-dealkylation sites (tertiary alicyclic amines) is 1. The van der Waals surface area contributed by atoms with E-state index in [1.165, 1.54) is 6.92 Å². The SMILES string of the molecule is CC(=O)NC1CCCN(C(=O)[C@@H]2C[C@@H]2C(=O)O)C1. The van der Waals surface area contributed by atoms with Crippen LogP contribution in [0.15, 0.2) is 0 Å². The molecule has 1 saturated carbocycles. The Morgan fingerprint density at radius 3 is 2.56 bits per heavy atom. The van der Waals surface area contributed by atoms with E-state index in [1.807, 2.05) is 0 Å². The average Bonchev–Trinajstić information content (AvgIpc) is 3.07. The van der Waals surface area contributed by atoms with Gasteiger partial charge in [0.1, 0.15) is 0 Å². The molecule has 6 nitrogen and oxygen atoms in total. The number of nitrogens with zero attached hydrogens (tertiary/aromatic N) is 1. The highest BCUT2D eigenvalue weighted by Crippen LogP contribution is 2.40. The number of hydrogen-bond acceptors (Lipinski definition) is 3. The molecule has 18 heavy (non-hydrogen) atoms. The van der Waals surface area contributed by atoms with Crippen molar-refractivity contribution in [3.63, 3.8) is 0 Å². The maximum Gasteiger partial charge on any atom is 0.307 e. The molecule has 0 spiro atoms. The van der Waals surface area contributed by atoms with Gasteiger partial charge >= 0.3 is 5.97 Å². The first-order chi connectivity index (χ1) is 8.49. The van der Waals surface area contributed by atoms with Crippen LogP contribution in [0.3, 0.4) is 0 Å². The normalized spacial score (nSPS) is 30.7. The molecule has 1 aliphatic carbocycles. The van der Waals surface area contributed by atoms with Crippen molar-refractivity contribution < 1.29 is 19.5 Å². The summed E-state index contributed by atoms with van der Waals surface area (Å²) >= 11 is 0. The zero-order valence-electron chi connectivity index (χ0n) is 10.4. The number of carboxylic acids is 1. The summed E-state index contributed by atoms with van der Waals surface area (Å²) in [4.78, 5) is 35.5.